The Morgan fingerprint density at radius 1 is 1.19 bits per heavy atom. The summed E-state index contributed by atoms with van der Waals surface area (Å²) in [7, 11) is 0. The lowest BCUT2D eigenvalue weighted by molar-refractivity contribution is 0.0435. The minimum Gasteiger partial charge on any atom is -0.379 e. The van der Waals surface area contributed by atoms with Crippen molar-refractivity contribution in [2.75, 3.05) is 32.8 Å². The minimum absolute atomic E-state index is 0.873. The van der Waals surface area contributed by atoms with Crippen LogP contribution in [0.15, 0.2) is 30.3 Å². The van der Waals surface area contributed by atoms with Crippen molar-refractivity contribution in [2.45, 2.75) is 6.92 Å². The quantitative estimate of drug-likeness (QED) is 0.770. The Kier molecular flexibility index (Phi) is 4.14. The second-order valence-corrected chi connectivity index (χ2v) is 4.23. The molecular formula is C14H19NO. The van der Waals surface area contributed by atoms with Gasteiger partial charge in [0.05, 0.1) is 13.2 Å². The molecule has 0 aliphatic carbocycles. The van der Waals surface area contributed by atoms with Gasteiger partial charge in [0.15, 0.2) is 0 Å². The first-order valence-electron chi connectivity index (χ1n) is 5.88. The van der Waals surface area contributed by atoms with E-state index >= 15 is 0 Å². The predicted octanol–water partition coefficient (Wildman–Crippen LogP) is 2.34. The molecule has 1 aromatic rings. The molecule has 0 amide bonds. The van der Waals surface area contributed by atoms with Crippen molar-refractivity contribution < 1.29 is 4.74 Å². The highest BCUT2D eigenvalue weighted by Gasteiger charge is 2.07. The summed E-state index contributed by atoms with van der Waals surface area (Å²) in [6.45, 7) is 6.99. The fourth-order valence-corrected chi connectivity index (χ4v) is 1.80. The molecule has 0 aromatic heterocycles. The molecule has 1 fully saturated rings. The van der Waals surface area contributed by atoms with Crippen LogP contribution in [-0.4, -0.2) is 37.7 Å². The van der Waals surface area contributed by atoms with Gasteiger partial charge in [0.25, 0.3) is 0 Å². The molecule has 1 saturated heterocycles. The Morgan fingerprint density at radius 2 is 1.88 bits per heavy atom. The normalized spacial score (nSPS) is 18.1. The number of hydrogen-bond acceptors (Lipinski definition) is 2. The minimum atomic E-state index is 0.873. The maximum absolute atomic E-state index is 5.31. The molecule has 1 heterocycles. The van der Waals surface area contributed by atoms with Gasteiger partial charge in [0.1, 0.15) is 0 Å². The van der Waals surface area contributed by atoms with E-state index in [-0.39, 0.29) is 0 Å². The topological polar surface area (TPSA) is 12.5 Å². The van der Waals surface area contributed by atoms with Crippen molar-refractivity contribution in [3.63, 3.8) is 0 Å². The lowest BCUT2D eigenvalue weighted by atomic mass is 10.1. The smallest absolute Gasteiger partial charge is 0.0594 e. The van der Waals surface area contributed by atoms with E-state index in [0.717, 1.165) is 32.8 Å². The van der Waals surface area contributed by atoms with Crippen LogP contribution in [0.2, 0.25) is 0 Å². The van der Waals surface area contributed by atoms with Gasteiger partial charge in [-0.2, -0.15) is 0 Å². The first-order valence-corrected chi connectivity index (χ1v) is 5.88. The molecule has 0 atom stereocenters. The van der Waals surface area contributed by atoms with Crippen molar-refractivity contribution in [3.05, 3.63) is 41.5 Å². The molecule has 0 N–H and O–H groups in total. The molecule has 0 saturated carbocycles. The third-order valence-electron chi connectivity index (χ3n) is 2.85. The van der Waals surface area contributed by atoms with Gasteiger partial charge in [-0.1, -0.05) is 42.0 Å². The molecule has 0 radical (unpaired) electrons. The van der Waals surface area contributed by atoms with Gasteiger partial charge in [-0.15, -0.1) is 0 Å². The van der Waals surface area contributed by atoms with E-state index < -0.39 is 0 Å². The molecule has 16 heavy (non-hydrogen) atoms. The van der Waals surface area contributed by atoms with Gasteiger partial charge < -0.3 is 4.74 Å². The zero-order valence-electron chi connectivity index (χ0n) is 9.86. The molecular weight excluding hydrogens is 198 g/mol. The van der Waals surface area contributed by atoms with E-state index in [4.69, 9.17) is 4.74 Å². The van der Waals surface area contributed by atoms with Gasteiger partial charge in [0.2, 0.25) is 0 Å². The first kappa shape index (κ1) is 11.4. The SMILES string of the molecule is Cc1ccc(/C=C/CN2CCOCC2)cc1. The van der Waals surface area contributed by atoms with Crippen LogP contribution in [-0.2, 0) is 4.74 Å². The van der Waals surface area contributed by atoms with Crippen LogP contribution in [0, 0.1) is 6.92 Å². The number of morpholine rings is 1. The zero-order chi connectivity index (χ0) is 11.2. The van der Waals surface area contributed by atoms with Gasteiger partial charge in [0, 0.05) is 19.6 Å². The van der Waals surface area contributed by atoms with Crippen LogP contribution in [0.1, 0.15) is 11.1 Å². The van der Waals surface area contributed by atoms with Crippen molar-refractivity contribution in [1.82, 2.24) is 4.90 Å². The number of ether oxygens (including phenoxy) is 1. The summed E-state index contributed by atoms with van der Waals surface area (Å²) in [5.74, 6) is 0. The largest absolute Gasteiger partial charge is 0.379 e. The van der Waals surface area contributed by atoms with Gasteiger partial charge in [-0.3, -0.25) is 4.90 Å². The second kappa shape index (κ2) is 5.83. The van der Waals surface area contributed by atoms with Crippen LogP contribution >= 0.6 is 0 Å². The molecule has 2 rings (SSSR count). The molecule has 86 valence electrons. The highest BCUT2D eigenvalue weighted by Crippen LogP contribution is 2.05. The maximum Gasteiger partial charge on any atom is 0.0594 e. The lowest BCUT2D eigenvalue weighted by Crippen LogP contribution is -2.36. The lowest BCUT2D eigenvalue weighted by Gasteiger charge is -2.25. The molecule has 2 heteroatoms. The third kappa shape index (κ3) is 3.47. The summed E-state index contributed by atoms with van der Waals surface area (Å²) in [5, 5.41) is 0. The van der Waals surface area contributed by atoms with Crippen LogP contribution in [0.4, 0.5) is 0 Å². The molecule has 1 aliphatic heterocycles. The molecule has 1 aliphatic rings. The van der Waals surface area contributed by atoms with Crippen LogP contribution in [0.3, 0.4) is 0 Å². The summed E-state index contributed by atoms with van der Waals surface area (Å²) in [6, 6.07) is 8.61. The Hall–Kier alpha value is -1.12. The van der Waals surface area contributed by atoms with Crippen LogP contribution in [0.25, 0.3) is 6.08 Å². The molecule has 0 spiro atoms. The number of aryl methyl sites for hydroxylation is 1. The van der Waals surface area contributed by atoms with Gasteiger partial charge in [-0.25, -0.2) is 0 Å². The summed E-state index contributed by atoms with van der Waals surface area (Å²) in [6.07, 6.45) is 4.42. The molecule has 2 nitrogen and oxygen atoms in total. The Balaban J connectivity index is 1.82. The number of benzene rings is 1. The van der Waals surface area contributed by atoms with Crippen molar-refractivity contribution in [1.29, 1.82) is 0 Å². The van der Waals surface area contributed by atoms with Crippen LogP contribution in [0.5, 0.6) is 0 Å². The molecule has 1 aromatic carbocycles. The summed E-state index contributed by atoms with van der Waals surface area (Å²) in [5.41, 5.74) is 2.59. The Bertz CT molecular complexity index is 336. The van der Waals surface area contributed by atoms with Gasteiger partial charge in [-0.05, 0) is 12.5 Å². The van der Waals surface area contributed by atoms with E-state index in [0.29, 0.717) is 0 Å². The highest BCUT2D eigenvalue weighted by atomic mass is 16.5. The maximum atomic E-state index is 5.31. The Labute approximate surface area is 97.5 Å². The van der Waals surface area contributed by atoms with E-state index in [9.17, 15) is 0 Å². The molecule has 0 bridgehead atoms. The van der Waals surface area contributed by atoms with E-state index in [2.05, 4.69) is 48.2 Å². The predicted molar refractivity (Wildman–Crippen MR) is 67.5 cm³/mol. The van der Waals surface area contributed by atoms with E-state index in [1.165, 1.54) is 11.1 Å². The number of rotatable bonds is 3. The number of hydrogen-bond donors (Lipinski definition) is 0. The highest BCUT2D eigenvalue weighted by molar-refractivity contribution is 5.49. The third-order valence-corrected chi connectivity index (χ3v) is 2.85. The standard InChI is InChI=1S/C14H19NO/c1-13-4-6-14(7-5-13)3-2-8-15-9-11-16-12-10-15/h2-7H,8-12H2,1H3/b3-2+. The van der Waals surface area contributed by atoms with E-state index in [1.807, 2.05) is 0 Å². The Morgan fingerprint density at radius 3 is 2.56 bits per heavy atom. The van der Waals surface area contributed by atoms with Crippen molar-refractivity contribution >= 4 is 6.08 Å². The fraction of sp³-hybridized carbons (Fsp3) is 0.429. The summed E-state index contributed by atoms with van der Waals surface area (Å²) in [4.78, 5) is 2.41. The number of nitrogens with zero attached hydrogens (tertiary/aromatic N) is 1. The monoisotopic (exact) mass is 217 g/mol. The van der Waals surface area contributed by atoms with Gasteiger partial charge >= 0.3 is 0 Å². The van der Waals surface area contributed by atoms with E-state index in [1.54, 1.807) is 0 Å². The average Bonchev–Trinajstić information content (AvgIpc) is 2.33. The zero-order valence-corrected chi connectivity index (χ0v) is 9.86. The first-order chi connectivity index (χ1) is 7.84. The summed E-state index contributed by atoms with van der Waals surface area (Å²) < 4.78 is 5.31. The fourth-order valence-electron chi connectivity index (χ4n) is 1.80. The second-order valence-electron chi connectivity index (χ2n) is 4.23. The van der Waals surface area contributed by atoms with Crippen LogP contribution < -0.4 is 0 Å². The van der Waals surface area contributed by atoms with Crippen molar-refractivity contribution in [3.8, 4) is 0 Å². The molecule has 0 unspecified atom stereocenters. The average molecular weight is 217 g/mol. The van der Waals surface area contributed by atoms with Crippen molar-refractivity contribution in [2.24, 2.45) is 0 Å². The summed E-state index contributed by atoms with van der Waals surface area (Å²) >= 11 is 0.